The monoisotopic (exact) mass is 267 g/mol. The third kappa shape index (κ3) is 2.66. The lowest BCUT2D eigenvalue weighted by Crippen LogP contribution is -2.51. The molecule has 1 saturated carbocycles. The summed E-state index contributed by atoms with van der Waals surface area (Å²) in [5, 5.41) is 0. The van der Waals surface area contributed by atoms with Crippen LogP contribution < -0.4 is 5.73 Å². The van der Waals surface area contributed by atoms with Crippen LogP contribution in [0.4, 0.5) is 8.78 Å². The molecule has 0 radical (unpaired) electrons. The summed E-state index contributed by atoms with van der Waals surface area (Å²) in [5.41, 5.74) is 6.87. The number of hydrogen-bond acceptors (Lipinski definition) is 1. The molecule has 2 N–H and O–H groups in total. The molecule has 0 amide bonds. The highest BCUT2D eigenvalue weighted by molar-refractivity contribution is 5.28. The maximum absolute atomic E-state index is 13.5. The van der Waals surface area contributed by atoms with Gasteiger partial charge in [-0.1, -0.05) is 39.7 Å². The van der Waals surface area contributed by atoms with Crippen molar-refractivity contribution in [1.29, 1.82) is 0 Å². The summed E-state index contributed by atoms with van der Waals surface area (Å²) in [6, 6.07) is 4.11. The fraction of sp³-hybridized carbons (Fsp3) is 0.625. The van der Waals surface area contributed by atoms with Crippen LogP contribution in [0.1, 0.15) is 52.0 Å². The van der Waals surface area contributed by atoms with Gasteiger partial charge in [0.15, 0.2) is 11.6 Å². The Morgan fingerprint density at radius 2 is 1.84 bits per heavy atom. The van der Waals surface area contributed by atoms with E-state index in [4.69, 9.17) is 5.73 Å². The molecule has 1 aliphatic rings. The van der Waals surface area contributed by atoms with Gasteiger partial charge in [-0.2, -0.15) is 0 Å². The smallest absolute Gasteiger partial charge is 0.159 e. The lowest BCUT2D eigenvalue weighted by atomic mass is 9.60. The molecular formula is C16H23F2N. The number of halogens is 2. The van der Waals surface area contributed by atoms with Gasteiger partial charge in [0.05, 0.1) is 0 Å². The van der Waals surface area contributed by atoms with Crippen LogP contribution in [-0.4, -0.2) is 0 Å². The van der Waals surface area contributed by atoms with Crippen LogP contribution in [0.5, 0.6) is 0 Å². The van der Waals surface area contributed by atoms with Crippen LogP contribution >= 0.6 is 0 Å². The first-order valence-electron chi connectivity index (χ1n) is 6.99. The Labute approximate surface area is 114 Å². The molecule has 1 aromatic carbocycles. The van der Waals surface area contributed by atoms with Gasteiger partial charge in [-0.05, 0) is 41.9 Å². The van der Waals surface area contributed by atoms with Crippen LogP contribution in [0, 0.1) is 23.0 Å². The molecule has 0 aliphatic heterocycles. The Bertz CT molecular complexity index is 464. The first-order chi connectivity index (χ1) is 8.75. The summed E-state index contributed by atoms with van der Waals surface area (Å²) in [5.74, 6) is -1.34. The molecule has 1 fully saturated rings. The normalized spacial score (nSPS) is 28.4. The Hall–Kier alpha value is -0.960. The van der Waals surface area contributed by atoms with Gasteiger partial charge in [-0.3, -0.25) is 0 Å². The van der Waals surface area contributed by atoms with Crippen molar-refractivity contribution < 1.29 is 8.78 Å². The van der Waals surface area contributed by atoms with Crippen LogP contribution in [-0.2, 0) is 5.54 Å². The van der Waals surface area contributed by atoms with Gasteiger partial charge in [-0.25, -0.2) is 8.78 Å². The molecule has 0 spiro atoms. The van der Waals surface area contributed by atoms with Gasteiger partial charge in [0.2, 0.25) is 0 Å². The second-order valence-corrected chi connectivity index (χ2v) is 6.83. The van der Waals surface area contributed by atoms with E-state index in [9.17, 15) is 8.78 Å². The summed E-state index contributed by atoms with van der Waals surface area (Å²) in [6.07, 6.45) is 4.08. The van der Waals surface area contributed by atoms with E-state index in [1.54, 1.807) is 6.07 Å². The highest BCUT2D eigenvalue weighted by atomic mass is 19.2. The molecule has 2 rings (SSSR count). The van der Waals surface area contributed by atoms with Crippen LogP contribution in [0.15, 0.2) is 18.2 Å². The first kappa shape index (κ1) is 14.4. The lowest BCUT2D eigenvalue weighted by Gasteiger charge is -2.48. The molecule has 19 heavy (non-hydrogen) atoms. The molecule has 2 atom stereocenters. The Balaban J connectivity index is 2.45. The number of benzene rings is 1. The maximum Gasteiger partial charge on any atom is 0.159 e. The average molecular weight is 267 g/mol. The summed E-state index contributed by atoms with van der Waals surface area (Å²) < 4.78 is 26.6. The minimum absolute atomic E-state index is 0.0556. The first-order valence-corrected chi connectivity index (χ1v) is 6.99. The molecule has 1 aromatic rings. The summed E-state index contributed by atoms with van der Waals surface area (Å²) in [4.78, 5) is 0. The fourth-order valence-electron chi connectivity index (χ4n) is 3.53. The molecular weight excluding hydrogens is 244 g/mol. The molecule has 1 aliphatic carbocycles. The van der Waals surface area contributed by atoms with E-state index in [-0.39, 0.29) is 11.3 Å². The fourth-order valence-corrected chi connectivity index (χ4v) is 3.53. The number of rotatable bonds is 1. The average Bonchev–Trinajstić information content (AvgIpc) is 2.31. The number of nitrogens with two attached hydrogens (primary N) is 1. The van der Waals surface area contributed by atoms with Crippen molar-refractivity contribution in [3.8, 4) is 0 Å². The third-order valence-electron chi connectivity index (χ3n) is 4.46. The highest BCUT2D eigenvalue weighted by Gasteiger charge is 2.44. The SMILES string of the molecule is CC(C)(C)C1CCCCC1(N)c1ccc(F)c(F)c1. The van der Waals surface area contributed by atoms with Crippen molar-refractivity contribution in [2.45, 2.75) is 52.0 Å². The van der Waals surface area contributed by atoms with Crippen molar-refractivity contribution in [3.63, 3.8) is 0 Å². The van der Waals surface area contributed by atoms with Gasteiger partial charge in [0, 0.05) is 5.54 Å². The van der Waals surface area contributed by atoms with Crippen molar-refractivity contribution in [3.05, 3.63) is 35.4 Å². The zero-order valence-corrected chi connectivity index (χ0v) is 12.0. The van der Waals surface area contributed by atoms with Gasteiger partial charge in [0.1, 0.15) is 0 Å². The van der Waals surface area contributed by atoms with E-state index in [2.05, 4.69) is 20.8 Å². The Morgan fingerprint density at radius 3 is 2.42 bits per heavy atom. The number of hydrogen-bond donors (Lipinski definition) is 1. The zero-order chi connectivity index (χ0) is 14.3. The Kier molecular flexibility index (Phi) is 3.69. The maximum atomic E-state index is 13.5. The van der Waals surface area contributed by atoms with Crippen molar-refractivity contribution in [2.75, 3.05) is 0 Å². The molecule has 0 heterocycles. The minimum Gasteiger partial charge on any atom is -0.321 e. The van der Waals surface area contributed by atoms with E-state index in [0.29, 0.717) is 0 Å². The van der Waals surface area contributed by atoms with E-state index in [1.807, 2.05) is 0 Å². The molecule has 1 nitrogen and oxygen atoms in total. The highest BCUT2D eigenvalue weighted by Crippen LogP contribution is 2.48. The second-order valence-electron chi connectivity index (χ2n) is 6.83. The van der Waals surface area contributed by atoms with Gasteiger partial charge in [0.25, 0.3) is 0 Å². The third-order valence-corrected chi connectivity index (χ3v) is 4.46. The van der Waals surface area contributed by atoms with Crippen molar-refractivity contribution in [1.82, 2.24) is 0 Å². The molecule has 0 aromatic heterocycles. The van der Waals surface area contributed by atoms with E-state index in [1.165, 1.54) is 12.1 Å². The predicted octanol–water partition coefficient (Wildman–Crippen LogP) is 4.36. The van der Waals surface area contributed by atoms with E-state index < -0.39 is 17.2 Å². The largest absolute Gasteiger partial charge is 0.321 e. The van der Waals surface area contributed by atoms with Crippen LogP contribution in [0.3, 0.4) is 0 Å². The molecule has 106 valence electrons. The molecule has 3 heteroatoms. The predicted molar refractivity (Wildman–Crippen MR) is 73.6 cm³/mol. The minimum atomic E-state index is -0.810. The van der Waals surface area contributed by atoms with Crippen molar-refractivity contribution >= 4 is 0 Å². The molecule has 0 saturated heterocycles. The second kappa shape index (κ2) is 4.86. The van der Waals surface area contributed by atoms with Crippen LogP contribution in [0.2, 0.25) is 0 Å². The van der Waals surface area contributed by atoms with Crippen molar-refractivity contribution in [2.24, 2.45) is 17.1 Å². The van der Waals surface area contributed by atoms with Crippen LogP contribution in [0.25, 0.3) is 0 Å². The quantitative estimate of drug-likeness (QED) is 0.804. The summed E-state index contributed by atoms with van der Waals surface area (Å²) in [7, 11) is 0. The topological polar surface area (TPSA) is 26.0 Å². The summed E-state index contributed by atoms with van der Waals surface area (Å²) >= 11 is 0. The van der Waals surface area contributed by atoms with Gasteiger partial charge >= 0.3 is 0 Å². The van der Waals surface area contributed by atoms with E-state index in [0.717, 1.165) is 31.2 Å². The lowest BCUT2D eigenvalue weighted by molar-refractivity contribution is 0.0775. The summed E-state index contributed by atoms with van der Waals surface area (Å²) in [6.45, 7) is 6.51. The standard InChI is InChI=1S/C16H23F2N/c1-15(2,3)14-6-4-5-9-16(14,19)11-7-8-12(17)13(18)10-11/h7-8,10,14H,4-6,9,19H2,1-3H3. The van der Waals surface area contributed by atoms with E-state index >= 15 is 0 Å². The molecule has 0 bridgehead atoms. The van der Waals surface area contributed by atoms with Gasteiger partial charge in [-0.15, -0.1) is 0 Å². The zero-order valence-electron chi connectivity index (χ0n) is 12.0. The van der Waals surface area contributed by atoms with Gasteiger partial charge < -0.3 is 5.73 Å². The molecule has 2 unspecified atom stereocenters. The Morgan fingerprint density at radius 1 is 1.16 bits per heavy atom.